The van der Waals surface area contributed by atoms with Crippen molar-refractivity contribution in [2.24, 2.45) is 0 Å². The molecule has 0 radical (unpaired) electrons. The number of ether oxygens (including phenoxy) is 1. The number of amides is 2. The number of nitrogens with one attached hydrogen (secondary N) is 1. The Morgan fingerprint density at radius 2 is 2.24 bits per heavy atom. The van der Waals surface area contributed by atoms with Gasteiger partial charge in [-0.1, -0.05) is 0 Å². The van der Waals surface area contributed by atoms with Crippen molar-refractivity contribution in [2.75, 3.05) is 13.2 Å². The van der Waals surface area contributed by atoms with Crippen LogP contribution in [0.5, 0.6) is 0 Å². The molecule has 6 nitrogen and oxygen atoms in total. The van der Waals surface area contributed by atoms with E-state index in [-0.39, 0.29) is 18.2 Å². The summed E-state index contributed by atoms with van der Waals surface area (Å²) in [4.78, 5) is 24.4. The van der Waals surface area contributed by atoms with E-state index in [4.69, 9.17) is 9.84 Å². The summed E-state index contributed by atoms with van der Waals surface area (Å²) in [6.07, 6.45) is 3.13. The minimum atomic E-state index is -1.02. The van der Waals surface area contributed by atoms with E-state index in [2.05, 4.69) is 5.32 Å². The summed E-state index contributed by atoms with van der Waals surface area (Å²) in [5.41, 5.74) is 0. The molecular formula is C11H18N2O4. The molecule has 17 heavy (non-hydrogen) atoms. The summed E-state index contributed by atoms with van der Waals surface area (Å²) < 4.78 is 5.60. The van der Waals surface area contributed by atoms with Gasteiger partial charge in [-0.05, 0) is 26.2 Å². The van der Waals surface area contributed by atoms with Crippen LogP contribution in [0.2, 0.25) is 0 Å². The van der Waals surface area contributed by atoms with Gasteiger partial charge in [-0.2, -0.15) is 0 Å². The lowest BCUT2D eigenvalue weighted by atomic mass is 10.1. The van der Waals surface area contributed by atoms with Crippen molar-refractivity contribution < 1.29 is 19.4 Å². The highest BCUT2D eigenvalue weighted by molar-refractivity contribution is 5.82. The van der Waals surface area contributed by atoms with Gasteiger partial charge in [-0.3, -0.25) is 4.79 Å². The predicted octanol–water partition coefficient (Wildman–Crippen LogP) is 0.422. The average molecular weight is 242 g/mol. The number of aliphatic carboxylic acids is 1. The van der Waals surface area contributed by atoms with Crippen molar-refractivity contribution in [3.8, 4) is 0 Å². The summed E-state index contributed by atoms with van der Waals surface area (Å²) >= 11 is 0. The molecule has 0 spiro atoms. The van der Waals surface area contributed by atoms with E-state index >= 15 is 0 Å². The first-order chi connectivity index (χ1) is 8.09. The third kappa shape index (κ3) is 2.52. The van der Waals surface area contributed by atoms with Gasteiger partial charge in [0.05, 0.1) is 18.8 Å². The van der Waals surface area contributed by atoms with Gasteiger partial charge in [0.1, 0.15) is 6.04 Å². The Kier molecular flexibility index (Phi) is 3.51. The lowest BCUT2D eigenvalue weighted by Gasteiger charge is -2.37. The van der Waals surface area contributed by atoms with E-state index in [1.54, 1.807) is 4.90 Å². The Morgan fingerprint density at radius 3 is 2.94 bits per heavy atom. The standard InChI is InChI=1S/C11H18N2O4/c1-7(10(14)15)12-11(16)13-5-6-17-9-4-2-3-8(9)13/h7-9H,2-6H2,1H3,(H,12,16)(H,14,15)/t7-,8?,9?/m1/s1. The van der Waals surface area contributed by atoms with Crippen molar-refractivity contribution in [1.29, 1.82) is 0 Å². The van der Waals surface area contributed by atoms with E-state index in [1.807, 2.05) is 0 Å². The van der Waals surface area contributed by atoms with Crippen LogP contribution in [0.1, 0.15) is 26.2 Å². The summed E-state index contributed by atoms with van der Waals surface area (Å²) in [5, 5.41) is 11.3. The third-order valence-electron chi connectivity index (χ3n) is 3.45. The molecule has 0 bridgehead atoms. The van der Waals surface area contributed by atoms with Gasteiger partial charge >= 0.3 is 12.0 Å². The van der Waals surface area contributed by atoms with E-state index < -0.39 is 12.0 Å². The fraction of sp³-hybridized carbons (Fsp3) is 0.818. The van der Waals surface area contributed by atoms with Gasteiger partial charge in [-0.15, -0.1) is 0 Å². The van der Waals surface area contributed by atoms with E-state index in [1.165, 1.54) is 6.92 Å². The van der Waals surface area contributed by atoms with Crippen molar-refractivity contribution in [2.45, 2.75) is 44.4 Å². The van der Waals surface area contributed by atoms with Gasteiger partial charge in [-0.25, -0.2) is 4.79 Å². The summed E-state index contributed by atoms with van der Waals surface area (Å²) in [5.74, 6) is -1.02. The molecule has 1 heterocycles. The lowest BCUT2D eigenvalue weighted by molar-refractivity contribution is -0.138. The molecule has 2 amide bonds. The smallest absolute Gasteiger partial charge is 0.325 e. The normalized spacial score (nSPS) is 29.6. The zero-order valence-corrected chi connectivity index (χ0v) is 9.89. The molecule has 2 unspecified atom stereocenters. The zero-order chi connectivity index (χ0) is 12.4. The topological polar surface area (TPSA) is 78.9 Å². The number of rotatable bonds is 2. The summed E-state index contributed by atoms with van der Waals surface area (Å²) in [6, 6.07) is -1.03. The molecule has 1 saturated heterocycles. The Labute approximate surface area is 99.9 Å². The number of carbonyl (C=O) groups is 2. The molecule has 0 aromatic carbocycles. The van der Waals surface area contributed by atoms with Crippen LogP contribution in [-0.2, 0) is 9.53 Å². The molecule has 6 heteroatoms. The molecule has 0 aromatic heterocycles. The lowest BCUT2D eigenvalue weighted by Crippen LogP contribution is -2.56. The highest BCUT2D eigenvalue weighted by Gasteiger charge is 2.38. The minimum Gasteiger partial charge on any atom is -0.480 e. The Bertz CT molecular complexity index is 321. The third-order valence-corrected chi connectivity index (χ3v) is 3.45. The number of carboxylic acids is 1. The number of morpholine rings is 1. The number of hydrogen-bond donors (Lipinski definition) is 2. The fourth-order valence-corrected chi connectivity index (χ4v) is 2.51. The molecule has 1 saturated carbocycles. The molecule has 2 aliphatic rings. The van der Waals surface area contributed by atoms with Gasteiger partial charge in [0.2, 0.25) is 0 Å². The first-order valence-corrected chi connectivity index (χ1v) is 6.01. The van der Waals surface area contributed by atoms with Crippen molar-refractivity contribution >= 4 is 12.0 Å². The van der Waals surface area contributed by atoms with Crippen molar-refractivity contribution in [1.82, 2.24) is 10.2 Å². The second-order valence-electron chi connectivity index (χ2n) is 4.61. The Morgan fingerprint density at radius 1 is 1.47 bits per heavy atom. The van der Waals surface area contributed by atoms with Crippen LogP contribution in [0.15, 0.2) is 0 Å². The van der Waals surface area contributed by atoms with Crippen LogP contribution in [0.4, 0.5) is 4.79 Å². The molecule has 2 rings (SSSR count). The first kappa shape index (κ1) is 12.2. The van der Waals surface area contributed by atoms with Crippen LogP contribution in [0.3, 0.4) is 0 Å². The number of carboxylic acid groups (broad SMARTS) is 1. The van der Waals surface area contributed by atoms with Crippen molar-refractivity contribution in [3.05, 3.63) is 0 Å². The van der Waals surface area contributed by atoms with Gasteiger partial charge in [0.15, 0.2) is 0 Å². The first-order valence-electron chi connectivity index (χ1n) is 6.01. The van der Waals surface area contributed by atoms with Gasteiger partial charge in [0.25, 0.3) is 0 Å². The molecule has 2 fully saturated rings. The number of carbonyl (C=O) groups excluding carboxylic acids is 1. The second-order valence-corrected chi connectivity index (χ2v) is 4.61. The largest absolute Gasteiger partial charge is 0.480 e. The quantitative estimate of drug-likeness (QED) is 0.735. The zero-order valence-electron chi connectivity index (χ0n) is 9.89. The van der Waals surface area contributed by atoms with Crippen LogP contribution in [0.25, 0.3) is 0 Å². The maximum atomic E-state index is 12.0. The summed E-state index contributed by atoms with van der Waals surface area (Å²) in [7, 11) is 0. The number of urea groups is 1. The number of fused-ring (bicyclic) bond motifs is 1. The minimum absolute atomic E-state index is 0.116. The van der Waals surface area contributed by atoms with E-state index in [9.17, 15) is 9.59 Å². The van der Waals surface area contributed by atoms with Crippen LogP contribution < -0.4 is 5.32 Å². The van der Waals surface area contributed by atoms with Gasteiger partial charge < -0.3 is 20.1 Å². The fourth-order valence-electron chi connectivity index (χ4n) is 2.51. The molecular weight excluding hydrogens is 224 g/mol. The number of hydrogen-bond acceptors (Lipinski definition) is 3. The molecule has 96 valence electrons. The monoisotopic (exact) mass is 242 g/mol. The van der Waals surface area contributed by atoms with Crippen LogP contribution in [-0.4, -0.2) is 53.3 Å². The Hall–Kier alpha value is -1.30. The number of nitrogens with zero attached hydrogens (tertiary/aromatic N) is 1. The summed E-state index contributed by atoms with van der Waals surface area (Å²) in [6.45, 7) is 2.54. The molecule has 2 N–H and O–H groups in total. The highest BCUT2D eigenvalue weighted by atomic mass is 16.5. The maximum absolute atomic E-state index is 12.0. The van der Waals surface area contributed by atoms with E-state index in [0.29, 0.717) is 13.2 Å². The highest BCUT2D eigenvalue weighted by Crippen LogP contribution is 2.29. The SMILES string of the molecule is C[C@@H](NC(=O)N1CCOC2CCCC21)C(=O)O. The molecule has 1 aliphatic heterocycles. The molecule has 3 atom stereocenters. The molecule has 0 aromatic rings. The van der Waals surface area contributed by atoms with Crippen LogP contribution >= 0.6 is 0 Å². The van der Waals surface area contributed by atoms with Crippen LogP contribution in [0, 0.1) is 0 Å². The molecule has 1 aliphatic carbocycles. The average Bonchev–Trinajstić information content (AvgIpc) is 2.76. The predicted molar refractivity (Wildman–Crippen MR) is 59.7 cm³/mol. The maximum Gasteiger partial charge on any atom is 0.325 e. The Balaban J connectivity index is 1.96. The van der Waals surface area contributed by atoms with Gasteiger partial charge in [0, 0.05) is 6.54 Å². The second kappa shape index (κ2) is 4.91. The van der Waals surface area contributed by atoms with Crippen molar-refractivity contribution in [3.63, 3.8) is 0 Å². The van der Waals surface area contributed by atoms with E-state index in [0.717, 1.165) is 19.3 Å².